The van der Waals surface area contributed by atoms with Crippen molar-refractivity contribution in [1.29, 1.82) is 0 Å². The lowest BCUT2D eigenvalue weighted by Gasteiger charge is -2.31. The molecule has 2 atom stereocenters. The molecule has 1 aliphatic carbocycles. The second kappa shape index (κ2) is 5.80. The molecule has 0 bridgehead atoms. The zero-order valence-corrected chi connectivity index (χ0v) is 12.5. The lowest BCUT2D eigenvalue weighted by molar-refractivity contribution is -0.123. The largest absolute Gasteiger partial charge is 0.390 e. The Bertz CT molecular complexity index is 322. The van der Waals surface area contributed by atoms with Gasteiger partial charge in [-0.2, -0.15) is 0 Å². The smallest absolute Gasteiger partial charge is 0.223 e. The Kier molecular flexibility index (Phi) is 4.51. The van der Waals surface area contributed by atoms with E-state index in [9.17, 15) is 9.90 Å². The quantitative estimate of drug-likeness (QED) is 0.789. The van der Waals surface area contributed by atoms with E-state index in [0.717, 1.165) is 25.4 Å². The Morgan fingerprint density at radius 1 is 1.42 bits per heavy atom. The van der Waals surface area contributed by atoms with E-state index in [0.29, 0.717) is 13.1 Å². The van der Waals surface area contributed by atoms with Crippen LogP contribution in [0.25, 0.3) is 0 Å². The molecule has 110 valence electrons. The number of piperidine rings is 1. The van der Waals surface area contributed by atoms with Crippen LogP contribution in [0.5, 0.6) is 0 Å². The van der Waals surface area contributed by atoms with Crippen molar-refractivity contribution in [3.8, 4) is 0 Å². The number of nitrogens with zero attached hydrogens (tertiary/aromatic N) is 1. The van der Waals surface area contributed by atoms with Crippen LogP contribution in [0, 0.1) is 17.3 Å². The minimum atomic E-state index is -0.445. The van der Waals surface area contributed by atoms with Gasteiger partial charge in [0.25, 0.3) is 0 Å². The predicted octanol–water partition coefficient (Wildman–Crippen LogP) is 1.24. The molecule has 0 aromatic carbocycles. The topological polar surface area (TPSA) is 52.6 Å². The van der Waals surface area contributed by atoms with E-state index in [2.05, 4.69) is 31.0 Å². The van der Waals surface area contributed by atoms with E-state index in [-0.39, 0.29) is 17.2 Å². The van der Waals surface area contributed by atoms with Gasteiger partial charge in [0.2, 0.25) is 5.91 Å². The first kappa shape index (κ1) is 14.8. The molecule has 19 heavy (non-hydrogen) atoms. The maximum atomic E-state index is 11.8. The maximum absolute atomic E-state index is 11.8. The van der Waals surface area contributed by atoms with Crippen molar-refractivity contribution >= 4 is 5.91 Å². The second-order valence-electron chi connectivity index (χ2n) is 7.13. The van der Waals surface area contributed by atoms with Gasteiger partial charge in [-0.3, -0.25) is 4.79 Å². The fraction of sp³-hybridized carbons (Fsp3) is 0.933. The molecular weight excluding hydrogens is 240 g/mol. The summed E-state index contributed by atoms with van der Waals surface area (Å²) in [6.07, 6.45) is 2.96. The molecule has 0 aromatic heterocycles. The number of amides is 1. The molecule has 2 N–H and O–H groups in total. The van der Waals surface area contributed by atoms with E-state index in [1.165, 1.54) is 12.8 Å². The molecule has 1 unspecified atom stereocenters. The summed E-state index contributed by atoms with van der Waals surface area (Å²) in [4.78, 5) is 14.1. The summed E-state index contributed by atoms with van der Waals surface area (Å²) in [6.45, 7) is 9.72. The summed E-state index contributed by atoms with van der Waals surface area (Å²) in [7, 11) is 0. The van der Waals surface area contributed by atoms with Crippen LogP contribution < -0.4 is 5.32 Å². The Labute approximate surface area is 116 Å². The standard InChI is InChI=1S/C15H28N2O2/c1-11-4-6-17(7-5-11)10-12(18)9-16-14(19)13-8-15(13,2)3/h11-13,18H,4-10H2,1-3H3,(H,16,19)/t12?,13-/m1/s1. The molecule has 4 nitrogen and oxygen atoms in total. The first-order valence-corrected chi connectivity index (χ1v) is 7.56. The lowest BCUT2D eigenvalue weighted by Crippen LogP contribution is -2.43. The fourth-order valence-electron chi connectivity index (χ4n) is 2.86. The van der Waals surface area contributed by atoms with Gasteiger partial charge in [0, 0.05) is 19.0 Å². The summed E-state index contributed by atoms with van der Waals surface area (Å²) in [6, 6.07) is 0. The third-order valence-electron chi connectivity index (χ3n) is 4.69. The highest BCUT2D eigenvalue weighted by atomic mass is 16.3. The van der Waals surface area contributed by atoms with E-state index < -0.39 is 6.10 Å². The van der Waals surface area contributed by atoms with Crippen molar-refractivity contribution in [2.45, 2.75) is 46.1 Å². The average Bonchev–Trinajstić information content (AvgIpc) is 2.99. The Morgan fingerprint density at radius 3 is 2.53 bits per heavy atom. The second-order valence-corrected chi connectivity index (χ2v) is 7.13. The van der Waals surface area contributed by atoms with E-state index >= 15 is 0 Å². The zero-order valence-electron chi connectivity index (χ0n) is 12.5. The van der Waals surface area contributed by atoms with Crippen molar-refractivity contribution in [2.24, 2.45) is 17.3 Å². The van der Waals surface area contributed by atoms with Crippen molar-refractivity contribution in [3.63, 3.8) is 0 Å². The monoisotopic (exact) mass is 268 g/mol. The van der Waals surface area contributed by atoms with Crippen LogP contribution in [0.15, 0.2) is 0 Å². The first-order chi connectivity index (χ1) is 8.88. The molecule has 1 heterocycles. The summed E-state index contributed by atoms with van der Waals surface area (Å²) >= 11 is 0. The zero-order chi connectivity index (χ0) is 14.0. The van der Waals surface area contributed by atoms with Gasteiger partial charge >= 0.3 is 0 Å². The number of aliphatic hydroxyl groups excluding tert-OH is 1. The highest BCUT2D eigenvalue weighted by Crippen LogP contribution is 2.51. The Balaban J connectivity index is 1.62. The molecule has 2 aliphatic rings. The molecule has 1 saturated carbocycles. The summed E-state index contributed by atoms with van der Waals surface area (Å²) in [5, 5.41) is 12.9. The van der Waals surface area contributed by atoms with Gasteiger partial charge in [-0.05, 0) is 43.7 Å². The lowest BCUT2D eigenvalue weighted by atomic mass is 9.99. The number of likely N-dealkylation sites (tertiary alicyclic amines) is 1. The van der Waals surface area contributed by atoms with E-state index in [1.54, 1.807) is 0 Å². The van der Waals surface area contributed by atoms with E-state index in [1.807, 2.05) is 0 Å². The van der Waals surface area contributed by atoms with Crippen molar-refractivity contribution in [1.82, 2.24) is 10.2 Å². The third-order valence-corrected chi connectivity index (χ3v) is 4.69. The van der Waals surface area contributed by atoms with Crippen molar-refractivity contribution in [3.05, 3.63) is 0 Å². The number of carbonyl (C=O) groups excluding carboxylic acids is 1. The number of carbonyl (C=O) groups is 1. The molecular formula is C15H28N2O2. The SMILES string of the molecule is CC1CCN(CC(O)CNC(=O)[C@H]2CC2(C)C)CC1. The number of β-amino-alcohol motifs (C(OH)–C–C–N with tert-alkyl or cyclic N) is 1. The van der Waals surface area contributed by atoms with Crippen molar-refractivity contribution in [2.75, 3.05) is 26.2 Å². The van der Waals surface area contributed by atoms with Crippen LogP contribution in [-0.2, 0) is 4.79 Å². The van der Waals surface area contributed by atoms with Gasteiger partial charge < -0.3 is 15.3 Å². The van der Waals surface area contributed by atoms with Crippen molar-refractivity contribution < 1.29 is 9.90 Å². The summed E-state index contributed by atoms with van der Waals surface area (Å²) in [5.41, 5.74) is 0.165. The number of hydrogen-bond donors (Lipinski definition) is 2. The number of rotatable bonds is 5. The molecule has 0 spiro atoms. The molecule has 0 aromatic rings. The van der Waals surface area contributed by atoms with E-state index in [4.69, 9.17) is 0 Å². The Morgan fingerprint density at radius 2 is 2.00 bits per heavy atom. The molecule has 1 saturated heterocycles. The van der Waals surface area contributed by atoms with Gasteiger partial charge in [-0.25, -0.2) is 0 Å². The van der Waals surface area contributed by atoms with Gasteiger partial charge in [0.05, 0.1) is 6.10 Å². The summed E-state index contributed by atoms with van der Waals surface area (Å²) in [5.74, 6) is 1.07. The van der Waals surface area contributed by atoms with Crippen LogP contribution in [0.3, 0.4) is 0 Å². The normalized spacial score (nSPS) is 28.9. The molecule has 2 rings (SSSR count). The predicted molar refractivity (Wildman–Crippen MR) is 75.7 cm³/mol. The van der Waals surface area contributed by atoms with Gasteiger partial charge in [0.1, 0.15) is 0 Å². The summed E-state index contributed by atoms with van der Waals surface area (Å²) < 4.78 is 0. The molecule has 2 fully saturated rings. The molecule has 4 heteroatoms. The first-order valence-electron chi connectivity index (χ1n) is 7.56. The fourth-order valence-corrected chi connectivity index (χ4v) is 2.86. The Hall–Kier alpha value is -0.610. The maximum Gasteiger partial charge on any atom is 0.223 e. The molecule has 1 aliphatic heterocycles. The minimum Gasteiger partial charge on any atom is -0.390 e. The molecule has 1 amide bonds. The molecule has 0 radical (unpaired) electrons. The number of nitrogens with one attached hydrogen (secondary N) is 1. The minimum absolute atomic E-state index is 0.108. The number of hydrogen-bond acceptors (Lipinski definition) is 3. The highest BCUT2D eigenvalue weighted by molar-refractivity contribution is 5.82. The van der Waals surface area contributed by atoms with Gasteiger partial charge in [0.15, 0.2) is 0 Å². The average molecular weight is 268 g/mol. The van der Waals surface area contributed by atoms with Crippen LogP contribution in [0.2, 0.25) is 0 Å². The van der Waals surface area contributed by atoms with Crippen LogP contribution >= 0.6 is 0 Å². The van der Waals surface area contributed by atoms with Crippen LogP contribution in [0.4, 0.5) is 0 Å². The van der Waals surface area contributed by atoms with Gasteiger partial charge in [-0.15, -0.1) is 0 Å². The van der Waals surface area contributed by atoms with Crippen LogP contribution in [0.1, 0.15) is 40.0 Å². The third kappa shape index (κ3) is 4.18. The number of aliphatic hydroxyl groups is 1. The van der Waals surface area contributed by atoms with Gasteiger partial charge in [-0.1, -0.05) is 20.8 Å². The highest BCUT2D eigenvalue weighted by Gasteiger charge is 2.50. The van der Waals surface area contributed by atoms with Crippen LogP contribution in [-0.4, -0.2) is 48.2 Å².